The van der Waals surface area contributed by atoms with Crippen molar-refractivity contribution in [2.24, 2.45) is 0 Å². The maximum Gasteiger partial charge on any atom is 0.245 e. The second-order valence-electron chi connectivity index (χ2n) is 4.60. The van der Waals surface area contributed by atoms with Crippen molar-refractivity contribution in [1.29, 1.82) is 0 Å². The highest BCUT2D eigenvalue weighted by molar-refractivity contribution is 7.89. The van der Waals surface area contributed by atoms with Crippen LogP contribution in [0, 0.1) is 5.82 Å². The van der Waals surface area contributed by atoms with E-state index in [9.17, 15) is 12.8 Å². The Kier molecular flexibility index (Phi) is 2.97. The van der Waals surface area contributed by atoms with Crippen molar-refractivity contribution < 1.29 is 17.5 Å². The van der Waals surface area contributed by atoms with Crippen LogP contribution in [0.2, 0.25) is 0 Å². The summed E-state index contributed by atoms with van der Waals surface area (Å²) in [5.41, 5.74) is -0.576. The van der Waals surface area contributed by atoms with Gasteiger partial charge < -0.3 is 4.74 Å². The summed E-state index contributed by atoms with van der Waals surface area (Å²) in [6, 6.07) is 4.80. The fourth-order valence-corrected chi connectivity index (χ4v) is 3.40. The van der Waals surface area contributed by atoms with Crippen molar-refractivity contribution in [1.82, 2.24) is 4.31 Å². The molecule has 1 aromatic carbocycles. The molecule has 2 rings (SSSR count). The van der Waals surface area contributed by atoms with E-state index >= 15 is 0 Å². The molecule has 0 bridgehead atoms. The first-order chi connectivity index (χ1) is 7.84. The van der Waals surface area contributed by atoms with Gasteiger partial charge in [-0.3, -0.25) is 0 Å². The van der Waals surface area contributed by atoms with Crippen LogP contribution < -0.4 is 0 Å². The van der Waals surface area contributed by atoms with E-state index < -0.39 is 21.4 Å². The molecular weight excluding hydrogens is 245 g/mol. The first kappa shape index (κ1) is 12.5. The molecule has 0 aromatic heterocycles. The van der Waals surface area contributed by atoms with Gasteiger partial charge in [-0.15, -0.1) is 0 Å². The minimum Gasteiger partial charge on any atom is -0.363 e. The molecule has 0 radical (unpaired) electrons. The molecule has 1 heterocycles. The molecule has 0 amide bonds. The van der Waals surface area contributed by atoms with Crippen LogP contribution in [-0.4, -0.2) is 31.6 Å². The molecule has 4 nitrogen and oxygen atoms in total. The monoisotopic (exact) mass is 259 g/mol. The van der Waals surface area contributed by atoms with Gasteiger partial charge in [-0.25, -0.2) is 12.8 Å². The zero-order chi connectivity index (χ0) is 12.7. The molecule has 0 aliphatic carbocycles. The summed E-state index contributed by atoms with van der Waals surface area (Å²) in [6.45, 7) is 3.97. The lowest BCUT2D eigenvalue weighted by Crippen LogP contribution is -2.44. The lowest BCUT2D eigenvalue weighted by atomic mass is 10.1. The van der Waals surface area contributed by atoms with Crippen molar-refractivity contribution >= 4 is 10.0 Å². The van der Waals surface area contributed by atoms with Gasteiger partial charge in [0.05, 0.1) is 17.0 Å². The third-order valence-electron chi connectivity index (χ3n) is 2.74. The molecule has 94 valence electrons. The highest BCUT2D eigenvalue weighted by Gasteiger charge is 2.41. The van der Waals surface area contributed by atoms with Crippen molar-refractivity contribution in [3.63, 3.8) is 0 Å². The molecule has 1 aliphatic rings. The average Bonchev–Trinajstić information content (AvgIpc) is 2.59. The van der Waals surface area contributed by atoms with E-state index in [1.165, 1.54) is 16.4 Å². The summed E-state index contributed by atoms with van der Waals surface area (Å²) in [4.78, 5) is 0.0810. The maximum absolute atomic E-state index is 12.8. The molecule has 1 aromatic rings. The van der Waals surface area contributed by atoms with Gasteiger partial charge in [0, 0.05) is 0 Å². The van der Waals surface area contributed by atoms with Crippen molar-refractivity contribution in [2.45, 2.75) is 24.3 Å². The number of rotatable bonds is 2. The molecule has 0 N–H and O–H groups in total. The minimum atomic E-state index is -3.62. The Bertz CT molecular complexity index is 510. The van der Waals surface area contributed by atoms with E-state index in [1.807, 2.05) is 0 Å². The highest BCUT2D eigenvalue weighted by Crippen LogP contribution is 2.29. The van der Waals surface area contributed by atoms with Gasteiger partial charge in [-0.1, -0.05) is 0 Å². The largest absolute Gasteiger partial charge is 0.363 e. The van der Waals surface area contributed by atoms with Gasteiger partial charge in [-0.05, 0) is 38.1 Å². The summed E-state index contributed by atoms with van der Waals surface area (Å²) >= 11 is 0. The second-order valence-corrected chi connectivity index (χ2v) is 6.46. The summed E-state index contributed by atoms with van der Waals surface area (Å²) in [7, 11) is -3.62. The Morgan fingerprint density at radius 2 is 1.88 bits per heavy atom. The Morgan fingerprint density at radius 1 is 1.29 bits per heavy atom. The number of hydrogen-bond acceptors (Lipinski definition) is 3. The van der Waals surface area contributed by atoms with Crippen molar-refractivity contribution in [3.05, 3.63) is 30.1 Å². The number of benzene rings is 1. The number of halogens is 1. The summed E-state index contributed by atoms with van der Waals surface area (Å²) in [5, 5.41) is 0. The zero-order valence-corrected chi connectivity index (χ0v) is 10.5. The van der Waals surface area contributed by atoms with E-state index in [-0.39, 0.29) is 11.6 Å². The first-order valence-corrected chi connectivity index (χ1v) is 6.64. The summed E-state index contributed by atoms with van der Waals surface area (Å²) < 4.78 is 43.8. The standard InChI is InChI=1S/C11H14FNO3S/c1-11(2)7-16-8-13(11)17(14,15)10-5-3-9(12)4-6-10/h3-6H,7-8H2,1-2H3. The third-order valence-corrected chi connectivity index (χ3v) is 4.79. The van der Waals surface area contributed by atoms with Gasteiger partial charge in [0.1, 0.15) is 12.5 Å². The maximum atomic E-state index is 12.8. The van der Waals surface area contributed by atoms with E-state index in [0.717, 1.165) is 12.1 Å². The smallest absolute Gasteiger partial charge is 0.245 e. The topological polar surface area (TPSA) is 46.6 Å². The SMILES string of the molecule is CC1(C)COCN1S(=O)(=O)c1ccc(F)cc1. The summed E-state index contributed by atoms with van der Waals surface area (Å²) in [6.07, 6.45) is 0. The van der Waals surface area contributed by atoms with Crippen LogP contribution in [0.5, 0.6) is 0 Å². The van der Waals surface area contributed by atoms with E-state index in [2.05, 4.69) is 0 Å². The Balaban J connectivity index is 2.40. The van der Waals surface area contributed by atoms with Crippen LogP contribution >= 0.6 is 0 Å². The van der Waals surface area contributed by atoms with Crippen molar-refractivity contribution in [3.8, 4) is 0 Å². The Morgan fingerprint density at radius 3 is 2.35 bits per heavy atom. The summed E-state index contributed by atoms with van der Waals surface area (Å²) in [5.74, 6) is -0.458. The van der Waals surface area contributed by atoms with E-state index in [0.29, 0.717) is 6.61 Å². The van der Waals surface area contributed by atoms with Crippen LogP contribution in [0.3, 0.4) is 0 Å². The van der Waals surface area contributed by atoms with Gasteiger partial charge in [0.2, 0.25) is 10.0 Å². The lowest BCUT2D eigenvalue weighted by Gasteiger charge is -2.27. The van der Waals surface area contributed by atoms with Gasteiger partial charge >= 0.3 is 0 Å². The fraction of sp³-hybridized carbons (Fsp3) is 0.455. The molecular formula is C11H14FNO3S. The molecule has 17 heavy (non-hydrogen) atoms. The average molecular weight is 259 g/mol. The Hall–Kier alpha value is -0.980. The fourth-order valence-electron chi connectivity index (χ4n) is 1.75. The molecule has 0 spiro atoms. The van der Waals surface area contributed by atoms with Gasteiger partial charge in [0.15, 0.2) is 0 Å². The third kappa shape index (κ3) is 2.20. The second kappa shape index (κ2) is 4.04. The van der Waals surface area contributed by atoms with Crippen LogP contribution in [0.1, 0.15) is 13.8 Å². The quantitative estimate of drug-likeness (QED) is 0.810. The molecule has 0 unspecified atom stereocenters. The van der Waals surface area contributed by atoms with Crippen LogP contribution in [0.15, 0.2) is 29.2 Å². The van der Waals surface area contributed by atoms with Gasteiger partial charge in [0.25, 0.3) is 0 Å². The van der Waals surface area contributed by atoms with Crippen molar-refractivity contribution in [2.75, 3.05) is 13.3 Å². The number of nitrogens with zero attached hydrogens (tertiary/aromatic N) is 1. The lowest BCUT2D eigenvalue weighted by molar-refractivity contribution is 0.171. The van der Waals surface area contributed by atoms with Crippen LogP contribution in [-0.2, 0) is 14.8 Å². The Labute approximate surface area is 100 Å². The zero-order valence-electron chi connectivity index (χ0n) is 9.68. The first-order valence-electron chi connectivity index (χ1n) is 5.20. The van der Waals surface area contributed by atoms with Gasteiger partial charge in [-0.2, -0.15) is 4.31 Å². The van der Waals surface area contributed by atoms with Crippen LogP contribution in [0.4, 0.5) is 4.39 Å². The van der Waals surface area contributed by atoms with E-state index in [1.54, 1.807) is 13.8 Å². The van der Waals surface area contributed by atoms with E-state index in [4.69, 9.17) is 4.74 Å². The predicted octanol–water partition coefficient (Wildman–Crippen LogP) is 1.58. The molecule has 1 saturated heterocycles. The number of sulfonamides is 1. The predicted molar refractivity (Wildman–Crippen MR) is 60.3 cm³/mol. The highest BCUT2D eigenvalue weighted by atomic mass is 32.2. The molecule has 6 heteroatoms. The minimum absolute atomic E-state index is 0.0344. The molecule has 1 aliphatic heterocycles. The normalized spacial score (nSPS) is 20.6. The number of ether oxygens (including phenoxy) is 1. The van der Waals surface area contributed by atoms with Crippen LogP contribution in [0.25, 0.3) is 0 Å². The molecule has 0 atom stereocenters. The molecule has 0 saturated carbocycles. The molecule has 1 fully saturated rings. The number of hydrogen-bond donors (Lipinski definition) is 0.